The van der Waals surface area contributed by atoms with Crippen molar-refractivity contribution in [3.8, 4) is 0 Å². The molecule has 1 heterocycles. The molecule has 0 aromatic heterocycles. The number of nitrogens with zero attached hydrogens (tertiary/aromatic N) is 2. The molecule has 6 heteroatoms. The SMILES string of the molecule is CN(C)CC1[C@H]2CN(C(=O)Nc3cc(F)ccc3Cl)C[C@@H]12. The fourth-order valence-electron chi connectivity index (χ4n) is 3.30. The average molecular weight is 312 g/mol. The van der Waals surface area contributed by atoms with Crippen LogP contribution in [0.25, 0.3) is 0 Å². The maximum Gasteiger partial charge on any atom is 0.321 e. The minimum atomic E-state index is -0.412. The Hall–Kier alpha value is -1.33. The van der Waals surface area contributed by atoms with E-state index in [9.17, 15) is 9.18 Å². The van der Waals surface area contributed by atoms with Crippen LogP contribution in [0, 0.1) is 23.6 Å². The van der Waals surface area contributed by atoms with Crippen molar-refractivity contribution in [2.45, 2.75) is 0 Å². The number of piperidine rings is 1. The van der Waals surface area contributed by atoms with Crippen LogP contribution in [0.1, 0.15) is 0 Å². The van der Waals surface area contributed by atoms with Gasteiger partial charge in [0.05, 0.1) is 10.7 Å². The van der Waals surface area contributed by atoms with Crippen molar-refractivity contribution in [3.63, 3.8) is 0 Å². The summed E-state index contributed by atoms with van der Waals surface area (Å²) < 4.78 is 13.2. The number of carbonyl (C=O) groups is 1. The minimum absolute atomic E-state index is 0.196. The molecule has 114 valence electrons. The number of hydrogen-bond acceptors (Lipinski definition) is 2. The second-order valence-electron chi connectivity index (χ2n) is 6.21. The number of likely N-dealkylation sites (tertiary alicyclic amines) is 1. The van der Waals surface area contributed by atoms with E-state index >= 15 is 0 Å². The number of amides is 2. The van der Waals surface area contributed by atoms with E-state index in [1.54, 1.807) is 4.90 Å². The van der Waals surface area contributed by atoms with E-state index in [0.29, 0.717) is 28.5 Å². The largest absolute Gasteiger partial charge is 0.324 e. The molecule has 0 radical (unpaired) electrons. The number of carbonyl (C=O) groups excluding carboxylic acids is 1. The van der Waals surface area contributed by atoms with E-state index in [1.807, 2.05) is 0 Å². The van der Waals surface area contributed by atoms with Gasteiger partial charge in [-0.15, -0.1) is 0 Å². The van der Waals surface area contributed by atoms with Gasteiger partial charge in [-0.25, -0.2) is 9.18 Å². The number of rotatable bonds is 3. The van der Waals surface area contributed by atoms with Crippen LogP contribution >= 0.6 is 11.6 Å². The first-order chi connectivity index (χ1) is 9.95. The zero-order chi connectivity index (χ0) is 15.1. The van der Waals surface area contributed by atoms with Crippen LogP contribution in [-0.2, 0) is 0 Å². The molecular formula is C15H19ClFN3O. The van der Waals surface area contributed by atoms with Crippen molar-refractivity contribution >= 4 is 23.3 Å². The number of nitrogens with one attached hydrogen (secondary N) is 1. The molecule has 1 saturated heterocycles. The monoisotopic (exact) mass is 311 g/mol. The third-order valence-electron chi connectivity index (χ3n) is 4.40. The first kappa shape index (κ1) is 14.6. The van der Waals surface area contributed by atoms with E-state index in [-0.39, 0.29) is 6.03 Å². The molecule has 1 aromatic rings. The van der Waals surface area contributed by atoms with E-state index in [4.69, 9.17) is 11.6 Å². The highest BCUT2D eigenvalue weighted by atomic mass is 35.5. The molecule has 0 bridgehead atoms. The van der Waals surface area contributed by atoms with Crippen LogP contribution in [-0.4, -0.2) is 49.6 Å². The van der Waals surface area contributed by atoms with E-state index in [2.05, 4.69) is 24.3 Å². The number of urea groups is 1. The molecule has 1 aliphatic carbocycles. The van der Waals surface area contributed by atoms with Gasteiger partial charge in [-0.2, -0.15) is 0 Å². The van der Waals surface area contributed by atoms with Crippen LogP contribution in [0.2, 0.25) is 5.02 Å². The molecule has 1 N–H and O–H groups in total. The quantitative estimate of drug-likeness (QED) is 0.931. The zero-order valence-corrected chi connectivity index (χ0v) is 12.9. The van der Waals surface area contributed by atoms with Gasteiger partial charge >= 0.3 is 6.03 Å². The predicted molar refractivity (Wildman–Crippen MR) is 81.0 cm³/mol. The van der Waals surface area contributed by atoms with E-state index in [0.717, 1.165) is 19.6 Å². The zero-order valence-electron chi connectivity index (χ0n) is 12.1. The second kappa shape index (κ2) is 5.46. The lowest BCUT2D eigenvalue weighted by atomic mass is 10.2. The summed E-state index contributed by atoms with van der Waals surface area (Å²) in [5.41, 5.74) is 0.326. The fraction of sp³-hybridized carbons (Fsp3) is 0.533. The molecule has 21 heavy (non-hydrogen) atoms. The Morgan fingerprint density at radius 1 is 1.43 bits per heavy atom. The second-order valence-corrected chi connectivity index (χ2v) is 6.62. The summed E-state index contributed by atoms with van der Waals surface area (Å²) in [6.45, 7) is 2.64. The average Bonchev–Trinajstić information content (AvgIpc) is 2.86. The molecule has 2 aliphatic rings. The Morgan fingerprint density at radius 3 is 2.71 bits per heavy atom. The van der Waals surface area contributed by atoms with Crippen molar-refractivity contribution in [1.82, 2.24) is 9.80 Å². The molecule has 1 aromatic carbocycles. The van der Waals surface area contributed by atoms with Crippen molar-refractivity contribution in [3.05, 3.63) is 29.0 Å². The molecule has 2 fully saturated rings. The summed E-state index contributed by atoms with van der Waals surface area (Å²) in [4.78, 5) is 16.2. The van der Waals surface area contributed by atoms with Gasteiger partial charge in [0.15, 0.2) is 0 Å². The third kappa shape index (κ3) is 2.99. The van der Waals surface area contributed by atoms with Gasteiger partial charge in [-0.1, -0.05) is 11.6 Å². The molecule has 1 unspecified atom stereocenters. The van der Waals surface area contributed by atoms with Gasteiger partial charge in [0.2, 0.25) is 0 Å². The molecule has 2 amide bonds. The Labute approximate surface area is 128 Å². The summed E-state index contributed by atoms with van der Waals surface area (Å²) in [7, 11) is 4.15. The lowest BCUT2D eigenvalue weighted by Gasteiger charge is -2.21. The number of hydrogen-bond donors (Lipinski definition) is 1. The maximum atomic E-state index is 13.2. The van der Waals surface area contributed by atoms with Crippen LogP contribution in [0.5, 0.6) is 0 Å². The van der Waals surface area contributed by atoms with E-state index < -0.39 is 5.82 Å². The molecular weight excluding hydrogens is 293 g/mol. The normalized spacial score (nSPS) is 26.9. The Bertz CT molecular complexity index is 554. The van der Waals surface area contributed by atoms with Crippen LogP contribution in [0.15, 0.2) is 18.2 Å². The maximum absolute atomic E-state index is 13.2. The van der Waals surface area contributed by atoms with Gasteiger partial charge in [0.25, 0.3) is 0 Å². The van der Waals surface area contributed by atoms with Crippen LogP contribution < -0.4 is 5.32 Å². The smallest absolute Gasteiger partial charge is 0.321 e. The first-order valence-electron chi connectivity index (χ1n) is 7.11. The molecule has 1 aliphatic heterocycles. The number of fused-ring (bicyclic) bond motifs is 1. The van der Waals surface area contributed by atoms with Crippen molar-refractivity contribution in [2.75, 3.05) is 39.0 Å². The van der Waals surface area contributed by atoms with Gasteiger partial charge in [-0.05, 0) is 50.0 Å². The highest BCUT2D eigenvalue weighted by Crippen LogP contribution is 2.51. The highest BCUT2D eigenvalue weighted by molar-refractivity contribution is 6.33. The Morgan fingerprint density at radius 2 is 2.10 bits per heavy atom. The minimum Gasteiger partial charge on any atom is -0.324 e. The van der Waals surface area contributed by atoms with Crippen molar-refractivity contribution < 1.29 is 9.18 Å². The number of benzene rings is 1. The van der Waals surface area contributed by atoms with Crippen molar-refractivity contribution in [1.29, 1.82) is 0 Å². The summed E-state index contributed by atoms with van der Waals surface area (Å²) in [6.07, 6.45) is 0. The summed E-state index contributed by atoms with van der Waals surface area (Å²) in [5.74, 6) is 1.52. The van der Waals surface area contributed by atoms with Gasteiger partial charge < -0.3 is 15.1 Å². The van der Waals surface area contributed by atoms with Crippen LogP contribution in [0.4, 0.5) is 14.9 Å². The lowest BCUT2D eigenvalue weighted by molar-refractivity contribution is 0.212. The van der Waals surface area contributed by atoms with Crippen LogP contribution in [0.3, 0.4) is 0 Å². The molecule has 4 nitrogen and oxygen atoms in total. The number of anilines is 1. The summed E-state index contributed by atoms with van der Waals surface area (Å²) >= 11 is 5.96. The Balaban J connectivity index is 1.56. The fourth-order valence-corrected chi connectivity index (χ4v) is 3.46. The first-order valence-corrected chi connectivity index (χ1v) is 7.49. The number of halogens is 2. The van der Waals surface area contributed by atoms with Crippen molar-refractivity contribution in [2.24, 2.45) is 17.8 Å². The molecule has 1 saturated carbocycles. The summed E-state index contributed by atoms with van der Waals surface area (Å²) in [5, 5.41) is 3.04. The standard InChI is InChI=1S/C15H19ClFN3O/c1-19(2)6-10-11-7-20(8-12(10)11)15(21)18-14-5-9(17)3-4-13(14)16/h3-5,10-12H,6-8H2,1-2H3,(H,18,21)/t10?,11-,12+. The Kier molecular flexibility index (Phi) is 3.80. The van der Waals surface area contributed by atoms with Gasteiger partial charge in [0, 0.05) is 19.6 Å². The molecule has 3 rings (SSSR count). The van der Waals surface area contributed by atoms with Gasteiger partial charge in [0.1, 0.15) is 5.82 Å². The predicted octanol–water partition coefficient (Wildman–Crippen LogP) is 2.75. The highest BCUT2D eigenvalue weighted by Gasteiger charge is 2.56. The van der Waals surface area contributed by atoms with Gasteiger partial charge in [-0.3, -0.25) is 0 Å². The third-order valence-corrected chi connectivity index (χ3v) is 4.73. The molecule has 3 atom stereocenters. The topological polar surface area (TPSA) is 35.6 Å². The van der Waals surface area contributed by atoms with E-state index in [1.165, 1.54) is 18.2 Å². The lowest BCUT2D eigenvalue weighted by Crippen LogP contribution is -2.36. The molecule has 0 spiro atoms. The summed E-state index contributed by atoms with van der Waals surface area (Å²) in [6, 6.07) is 3.76.